The normalized spacial score (nSPS) is 17.0. The van der Waals surface area contributed by atoms with Gasteiger partial charge in [-0.3, -0.25) is 4.79 Å². The van der Waals surface area contributed by atoms with E-state index in [9.17, 15) is 23.5 Å². The van der Waals surface area contributed by atoms with Crippen LogP contribution in [-0.2, 0) is 9.53 Å². The van der Waals surface area contributed by atoms with Crippen LogP contribution in [0.1, 0.15) is 29.8 Å². The summed E-state index contributed by atoms with van der Waals surface area (Å²) < 4.78 is 31.4. The second-order valence-corrected chi connectivity index (χ2v) is 5.14. The van der Waals surface area contributed by atoms with Crippen LogP contribution >= 0.6 is 0 Å². The lowest BCUT2D eigenvalue weighted by molar-refractivity contribution is -0.140. The van der Waals surface area contributed by atoms with E-state index in [4.69, 9.17) is 4.74 Å². The molecule has 1 aromatic heterocycles. The molecule has 1 saturated heterocycles. The van der Waals surface area contributed by atoms with Crippen LogP contribution in [-0.4, -0.2) is 41.2 Å². The molecular formula is C14H16F2N2O4. The van der Waals surface area contributed by atoms with Crippen molar-refractivity contribution in [3.63, 3.8) is 0 Å². The van der Waals surface area contributed by atoms with E-state index in [0.29, 0.717) is 38.3 Å². The summed E-state index contributed by atoms with van der Waals surface area (Å²) >= 11 is 0. The summed E-state index contributed by atoms with van der Waals surface area (Å²) in [6.45, 7) is 1.11. The molecule has 0 bridgehead atoms. The smallest absolute Gasteiger partial charge is 0.326 e. The van der Waals surface area contributed by atoms with Gasteiger partial charge in [-0.25, -0.2) is 18.6 Å². The second-order valence-electron chi connectivity index (χ2n) is 5.14. The van der Waals surface area contributed by atoms with E-state index in [1.807, 2.05) is 0 Å². The van der Waals surface area contributed by atoms with Crippen molar-refractivity contribution in [2.24, 2.45) is 5.92 Å². The highest BCUT2D eigenvalue weighted by atomic mass is 19.1. The Bertz CT molecular complexity index is 562. The third-order valence-electron chi connectivity index (χ3n) is 3.54. The van der Waals surface area contributed by atoms with E-state index in [0.717, 1.165) is 0 Å². The fourth-order valence-corrected chi connectivity index (χ4v) is 2.35. The molecule has 22 heavy (non-hydrogen) atoms. The first-order valence-electron chi connectivity index (χ1n) is 6.90. The first-order valence-corrected chi connectivity index (χ1v) is 6.90. The first-order chi connectivity index (χ1) is 10.5. The molecule has 2 heterocycles. The van der Waals surface area contributed by atoms with E-state index >= 15 is 0 Å². The molecule has 8 heteroatoms. The Labute approximate surface area is 125 Å². The van der Waals surface area contributed by atoms with Gasteiger partial charge in [-0.05, 0) is 25.2 Å². The van der Waals surface area contributed by atoms with Crippen molar-refractivity contribution >= 4 is 11.9 Å². The van der Waals surface area contributed by atoms with Gasteiger partial charge in [-0.1, -0.05) is 0 Å². The molecule has 1 aliphatic heterocycles. The quantitative estimate of drug-likeness (QED) is 0.856. The van der Waals surface area contributed by atoms with Crippen molar-refractivity contribution in [1.29, 1.82) is 0 Å². The van der Waals surface area contributed by atoms with E-state index in [1.165, 1.54) is 0 Å². The zero-order valence-corrected chi connectivity index (χ0v) is 11.7. The highest BCUT2D eigenvalue weighted by molar-refractivity contribution is 5.95. The number of nitrogens with one attached hydrogen (secondary N) is 1. The topological polar surface area (TPSA) is 88.5 Å². The minimum Gasteiger partial charge on any atom is -0.480 e. The summed E-state index contributed by atoms with van der Waals surface area (Å²) in [5, 5.41) is 11.4. The molecule has 1 unspecified atom stereocenters. The van der Waals surface area contributed by atoms with Crippen molar-refractivity contribution in [1.82, 2.24) is 10.3 Å². The zero-order valence-electron chi connectivity index (χ0n) is 11.7. The van der Waals surface area contributed by atoms with Gasteiger partial charge in [0.05, 0.1) is 6.20 Å². The number of pyridine rings is 1. The van der Waals surface area contributed by atoms with Crippen LogP contribution in [0.4, 0.5) is 8.78 Å². The summed E-state index contributed by atoms with van der Waals surface area (Å²) in [5.41, 5.74) is -0.625. The molecule has 1 aliphatic rings. The molecular weight excluding hydrogens is 298 g/mol. The number of hydrogen-bond acceptors (Lipinski definition) is 4. The Kier molecular flexibility index (Phi) is 5.37. The van der Waals surface area contributed by atoms with Crippen molar-refractivity contribution in [3.05, 3.63) is 29.6 Å². The van der Waals surface area contributed by atoms with E-state index in [2.05, 4.69) is 10.3 Å². The van der Waals surface area contributed by atoms with Crippen LogP contribution in [0.3, 0.4) is 0 Å². The van der Waals surface area contributed by atoms with Crippen LogP contribution in [0.5, 0.6) is 0 Å². The number of aliphatic carboxylic acids is 1. The number of carboxylic acid groups (broad SMARTS) is 1. The van der Waals surface area contributed by atoms with Crippen molar-refractivity contribution in [2.75, 3.05) is 13.2 Å². The number of carbonyl (C=O) groups excluding carboxylic acids is 1. The van der Waals surface area contributed by atoms with Crippen molar-refractivity contribution in [3.8, 4) is 0 Å². The SMILES string of the molecule is O=C(NC(CC1CCOCC1)C(=O)O)c1ncc(F)cc1F. The lowest BCUT2D eigenvalue weighted by Gasteiger charge is -2.25. The molecule has 2 rings (SSSR count). The molecule has 0 spiro atoms. The molecule has 1 atom stereocenters. The number of hydrogen-bond donors (Lipinski definition) is 2. The number of amides is 1. The Hall–Kier alpha value is -2.09. The molecule has 0 aromatic carbocycles. The minimum absolute atomic E-state index is 0.112. The largest absolute Gasteiger partial charge is 0.480 e. The Morgan fingerprint density at radius 1 is 1.41 bits per heavy atom. The fraction of sp³-hybridized carbons (Fsp3) is 0.500. The monoisotopic (exact) mass is 314 g/mol. The number of ether oxygens (including phenoxy) is 1. The maximum Gasteiger partial charge on any atom is 0.326 e. The number of rotatable bonds is 5. The standard InChI is InChI=1S/C14H16F2N2O4/c15-9-6-10(16)12(17-7-9)13(19)18-11(14(20)21)5-8-1-3-22-4-2-8/h6-8,11H,1-5H2,(H,18,19)(H,20,21). The van der Waals surface area contributed by atoms with Crippen LogP contribution in [0.15, 0.2) is 12.3 Å². The summed E-state index contributed by atoms with van der Waals surface area (Å²) in [7, 11) is 0. The zero-order chi connectivity index (χ0) is 16.1. The van der Waals surface area contributed by atoms with Gasteiger partial charge in [0.2, 0.25) is 0 Å². The molecule has 0 aliphatic carbocycles. The molecule has 1 fully saturated rings. The fourth-order valence-electron chi connectivity index (χ4n) is 2.35. The molecule has 6 nitrogen and oxygen atoms in total. The van der Waals surface area contributed by atoms with Gasteiger partial charge in [-0.2, -0.15) is 0 Å². The van der Waals surface area contributed by atoms with Gasteiger partial charge in [-0.15, -0.1) is 0 Å². The predicted molar refractivity (Wildman–Crippen MR) is 71.2 cm³/mol. The van der Waals surface area contributed by atoms with Crippen molar-refractivity contribution < 1.29 is 28.2 Å². The average molecular weight is 314 g/mol. The van der Waals surface area contributed by atoms with Gasteiger partial charge in [0.25, 0.3) is 5.91 Å². The third-order valence-corrected chi connectivity index (χ3v) is 3.54. The van der Waals surface area contributed by atoms with E-state index < -0.39 is 35.2 Å². The highest BCUT2D eigenvalue weighted by Crippen LogP contribution is 2.20. The predicted octanol–water partition coefficient (Wildman–Crippen LogP) is 1.36. The van der Waals surface area contributed by atoms with Crippen LogP contribution in [0, 0.1) is 17.6 Å². The highest BCUT2D eigenvalue weighted by Gasteiger charge is 2.27. The van der Waals surface area contributed by atoms with E-state index in [-0.39, 0.29) is 12.3 Å². The molecule has 1 aromatic rings. The lowest BCUT2D eigenvalue weighted by Crippen LogP contribution is -2.43. The maximum absolute atomic E-state index is 13.5. The Morgan fingerprint density at radius 2 is 2.09 bits per heavy atom. The number of carbonyl (C=O) groups is 2. The first kappa shape index (κ1) is 16.3. The minimum atomic E-state index is -1.21. The van der Waals surface area contributed by atoms with E-state index in [1.54, 1.807) is 0 Å². The number of halogens is 2. The van der Waals surface area contributed by atoms with Gasteiger partial charge in [0.1, 0.15) is 11.9 Å². The van der Waals surface area contributed by atoms with Crippen molar-refractivity contribution in [2.45, 2.75) is 25.3 Å². The Balaban J connectivity index is 2.03. The summed E-state index contributed by atoms with van der Waals surface area (Å²) in [4.78, 5) is 26.5. The molecule has 120 valence electrons. The summed E-state index contributed by atoms with van der Waals surface area (Å²) in [6.07, 6.45) is 2.35. The van der Waals surface area contributed by atoms with Crippen LogP contribution in [0.25, 0.3) is 0 Å². The number of aromatic nitrogens is 1. The van der Waals surface area contributed by atoms with Gasteiger partial charge < -0.3 is 15.2 Å². The summed E-state index contributed by atoms with van der Waals surface area (Å²) in [6, 6.07) is -0.627. The Morgan fingerprint density at radius 3 is 2.68 bits per heavy atom. The molecule has 2 N–H and O–H groups in total. The number of nitrogens with zero attached hydrogens (tertiary/aromatic N) is 1. The third kappa shape index (κ3) is 4.20. The van der Waals surface area contributed by atoms with Gasteiger partial charge in [0, 0.05) is 19.3 Å². The molecule has 1 amide bonds. The average Bonchev–Trinajstić information content (AvgIpc) is 2.47. The summed E-state index contributed by atoms with van der Waals surface area (Å²) in [5.74, 6) is -4.11. The van der Waals surface area contributed by atoms with Crippen LogP contribution < -0.4 is 5.32 Å². The lowest BCUT2D eigenvalue weighted by atomic mass is 9.92. The van der Waals surface area contributed by atoms with Gasteiger partial charge >= 0.3 is 5.97 Å². The molecule has 0 saturated carbocycles. The van der Waals surface area contributed by atoms with Crippen LogP contribution in [0.2, 0.25) is 0 Å². The number of carboxylic acids is 1. The second kappa shape index (κ2) is 7.26. The van der Waals surface area contributed by atoms with Gasteiger partial charge in [0.15, 0.2) is 11.5 Å². The molecule has 0 radical (unpaired) electrons. The maximum atomic E-state index is 13.5.